The molecule has 0 radical (unpaired) electrons. The zero-order chi connectivity index (χ0) is 39.9. The summed E-state index contributed by atoms with van der Waals surface area (Å²) in [6.45, 7) is 5.41. The predicted molar refractivity (Wildman–Crippen MR) is 227 cm³/mol. The third-order valence-electron chi connectivity index (χ3n) is 9.76. The average molecular weight is 786 g/mol. The summed E-state index contributed by atoms with van der Waals surface area (Å²) < 4.78 is 34.6. The summed E-state index contributed by atoms with van der Waals surface area (Å²) >= 11 is 0. The Kier molecular flexibility index (Phi) is 38.1. The highest BCUT2D eigenvalue weighted by atomic mass is 31.2. The molecule has 0 fully saturated rings. The van der Waals surface area contributed by atoms with Crippen molar-refractivity contribution >= 4 is 13.8 Å². The van der Waals surface area contributed by atoms with Crippen LogP contribution in [-0.2, 0) is 27.9 Å². The van der Waals surface area contributed by atoms with Gasteiger partial charge >= 0.3 is 5.97 Å². The van der Waals surface area contributed by atoms with Crippen LogP contribution in [0.25, 0.3) is 0 Å². The van der Waals surface area contributed by atoms with E-state index in [-0.39, 0.29) is 25.8 Å². The van der Waals surface area contributed by atoms with Crippen molar-refractivity contribution in [2.75, 3.05) is 54.1 Å². The molecule has 2 unspecified atom stereocenters. The number of phosphoric ester groups is 1. The molecule has 8 nitrogen and oxygen atoms in total. The van der Waals surface area contributed by atoms with E-state index < -0.39 is 13.9 Å². The zero-order valence-corrected chi connectivity index (χ0v) is 37.1. The van der Waals surface area contributed by atoms with Crippen LogP contribution in [-0.4, -0.2) is 70.7 Å². The molecule has 0 rings (SSSR count). The maximum absolute atomic E-state index is 12.7. The first-order valence-corrected chi connectivity index (χ1v) is 24.0. The van der Waals surface area contributed by atoms with E-state index in [2.05, 4.69) is 38.2 Å². The first-order chi connectivity index (χ1) is 26.1. The third kappa shape index (κ3) is 42.1. The summed E-state index contributed by atoms with van der Waals surface area (Å²) in [5, 5.41) is 0. The van der Waals surface area contributed by atoms with E-state index in [9.17, 15) is 14.3 Å². The predicted octanol–water partition coefficient (Wildman–Crippen LogP) is 12.6. The van der Waals surface area contributed by atoms with Crippen molar-refractivity contribution in [3.8, 4) is 0 Å². The van der Waals surface area contributed by atoms with Gasteiger partial charge in [-0.3, -0.25) is 9.36 Å². The summed E-state index contributed by atoms with van der Waals surface area (Å²) in [5.41, 5.74) is 0. The number of hydrogen-bond donors (Lipinski definition) is 0. The van der Waals surface area contributed by atoms with Gasteiger partial charge in [-0.1, -0.05) is 173 Å². The number of allylic oxidation sites excluding steroid dienone is 4. The molecular weight excluding hydrogens is 697 g/mol. The molecule has 0 saturated heterocycles. The van der Waals surface area contributed by atoms with E-state index in [0.717, 1.165) is 44.9 Å². The van der Waals surface area contributed by atoms with Crippen LogP contribution in [0.3, 0.4) is 0 Å². The van der Waals surface area contributed by atoms with Gasteiger partial charge in [-0.05, 0) is 44.9 Å². The van der Waals surface area contributed by atoms with E-state index in [1.54, 1.807) is 0 Å². The van der Waals surface area contributed by atoms with Gasteiger partial charge in [0.05, 0.1) is 34.4 Å². The lowest BCUT2D eigenvalue weighted by Crippen LogP contribution is -2.37. The largest absolute Gasteiger partial charge is 0.756 e. The summed E-state index contributed by atoms with van der Waals surface area (Å²) in [6.07, 6.45) is 43.2. The smallest absolute Gasteiger partial charge is 0.306 e. The van der Waals surface area contributed by atoms with Gasteiger partial charge in [-0.15, -0.1) is 0 Å². The second kappa shape index (κ2) is 38.8. The molecule has 2 atom stereocenters. The molecule has 9 heteroatoms. The van der Waals surface area contributed by atoms with Crippen molar-refractivity contribution in [3.05, 3.63) is 24.3 Å². The van der Waals surface area contributed by atoms with E-state index in [1.807, 2.05) is 21.1 Å². The topological polar surface area (TPSA) is 94.1 Å². The molecule has 0 aliphatic rings. The molecule has 0 aromatic heterocycles. The monoisotopic (exact) mass is 786 g/mol. The molecule has 0 bridgehead atoms. The minimum Gasteiger partial charge on any atom is -0.756 e. The molecule has 54 heavy (non-hydrogen) atoms. The molecule has 320 valence electrons. The van der Waals surface area contributed by atoms with Gasteiger partial charge in [0.1, 0.15) is 19.3 Å². The van der Waals surface area contributed by atoms with Crippen LogP contribution in [0.15, 0.2) is 24.3 Å². The Labute approximate surface area is 334 Å². The standard InChI is InChI=1S/C45H88NO7P/c1-6-8-10-12-14-16-18-20-22-23-24-25-26-28-30-32-34-36-38-45(47)53-44(43-52-54(48,49)51-41-39-46(3,4)5)42-50-40-37-35-33-31-29-27-21-19-17-15-13-11-9-7-2/h16,18,22-23,44H,6-15,17,19-21,24-43H2,1-5H3/b18-16-,23-22-. The Bertz CT molecular complexity index is 920. The lowest BCUT2D eigenvalue weighted by Gasteiger charge is -2.28. The summed E-state index contributed by atoms with van der Waals surface area (Å²) in [5.74, 6) is -0.339. The Morgan fingerprint density at radius 2 is 1.02 bits per heavy atom. The van der Waals surface area contributed by atoms with Crippen LogP contribution in [0.5, 0.6) is 0 Å². The molecule has 0 heterocycles. The number of rotatable bonds is 42. The normalized spacial score (nSPS) is 14.0. The fourth-order valence-electron chi connectivity index (χ4n) is 6.22. The van der Waals surface area contributed by atoms with E-state index in [1.165, 1.54) is 135 Å². The molecular formula is C45H88NO7P. The summed E-state index contributed by atoms with van der Waals surface area (Å²) in [4.78, 5) is 25.1. The molecule has 0 spiro atoms. The number of nitrogens with zero attached hydrogens (tertiary/aromatic N) is 1. The van der Waals surface area contributed by atoms with Crippen LogP contribution in [0, 0.1) is 0 Å². The van der Waals surface area contributed by atoms with Gasteiger partial charge in [-0.25, -0.2) is 0 Å². The van der Waals surface area contributed by atoms with E-state index in [4.69, 9.17) is 18.5 Å². The highest BCUT2D eigenvalue weighted by Crippen LogP contribution is 2.38. The Hall–Kier alpha value is -1.02. The average Bonchev–Trinajstić information content (AvgIpc) is 3.12. The molecule has 0 amide bonds. The van der Waals surface area contributed by atoms with Crippen molar-refractivity contribution in [1.82, 2.24) is 0 Å². The van der Waals surface area contributed by atoms with Crippen molar-refractivity contribution in [1.29, 1.82) is 0 Å². The van der Waals surface area contributed by atoms with E-state index in [0.29, 0.717) is 24.1 Å². The molecule has 0 saturated carbocycles. The second-order valence-corrected chi connectivity index (χ2v) is 17.8. The van der Waals surface area contributed by atoms with Gasteiger partial charge in [0.15, 0.2) is 0 Å². The fourth-order valence-corrected chi connectivity index (χ4v) is 6.95. The molecule has 0 aromatic rings. The number of phosphoric acid groups is 1. The minimum absolute atomic E-state index is 0.0264. The van der Waals surface area contributed by atoms with Crippen LogP contribution < -0.4 is 4.89 Å². The number of likely N-dealkylation sites (N-methyl/N-ethyl adjacent to an activating group) is 1. The van der Waals surface area contributed by atoms with Gasteiger partial charge in [0.2, 0.25) is 0 Å². The number of quaternary nitrogens is 1. The Morgan fingerprint density at radius 1 is 0.574 bits per heavy atom. The van der Waals surface area contributed by atoms with Gasteiger partial charge < -0.3 is 27.9 Å². The quantitative estimate of drug-likeness (QED) is 0.0200. The van der Waals surface area contributed by atoms with Crippen molar-refractivity contribution < 1.29 is 37.3 Å². The molecule has 0 aliphatic heterocycles. The number of carbonyl (C=O) groups excluding carboxylic acids is 1. The number of carbonyl (C=O) groups is 1. The second-order valence-electron chi connectivity index (χ2n) is 16.4. The maximum Gasteiger partial charge on any atom is 0.306 e. The molecule has 0 aromatic carbocycles. The van der Waals surface area contributed by atoms with Gasteiger partial charge in [0, 0.05) is 13.0 Å². The summed E-state index contributed by atoms with van der Waals surface area (Å²) in [7, 11) is 1.36. The van der Waals surface area contributed by atoms with Crippen LogP contribution >= 0.6 is 7.82 Å². The number of unbranched alkanes of at least 4 members (excludes halogenated alkanes) is 24. The van der Waals surface area contributed by atoms with Crippen molar-refractivity contribution in [2.24, 2.45) is 0 Å². The Morgan fingerprint density at radius 3 is 1.52 bits per heavy atom. The van der Waals surface area contributed by atoms with Gasteiger partial charge in [0.25, 0.3) is 7.82 Å². The van der Waals surface area contributed by atoms with Crippen molar-refractivity contribution in [2.45, 2.75) is 206 Å². The lowest BCUT2D eigenvalue weighted by molar-refractivity contribution is -0.870. The highest BCUT2D eigenvalue weighted by molar-refractivity contribution is 7.45. The zero-order valence-electron chi connectivity index (χ0n) is 36.2. The van der Waals surface area contributed by atoms with Crippen molar-refractivity contribution in [3.63, 3.8) is 0 Å². The summed E-state index contributed by atoms with van der Waals surface area (Å²) in [6, 6.07) is 0. The minimum atomic E-state index is -4.52. The third-order valence-corrected chi connectivity index (χ3v) is 10.7. The Balaban J connectivity index is 4.22. The first-order valence-electron chi connectivity index (χ1n) is 22.6. The highest BCUT2D eigenvalue weighted by Gasteiger charge is 2.20. The maximum atomic E-state index is 12.7. The number of esters is 1. The van der Waals surface area contributed by atoms with Crippen LogP contribution in [0.1, 0.15) is 200 Å². The lowest BCUT2D eigenvalue weighted by atomic mass is 10.0. The molecule has 0 N–H and O–H groups in total. The van der Waals surface area contributed by atoms with Crippen LogP contribution in [0.4, 0.5) is 0 Å². The number of ether oxygens (including phenoxy) is 2. The first kappa shape index (κ1) is 53.0. The van der Waals surface area contributed by atoms with E-state index >= 15 is 0 Å². The SMILES string of the molecule is CCCCCC/C=C\C/C=C\CCCCCCCCCC(=O)OC(COCCCCCCCCCCCCCCCC)COP(=O)([O-])OCC[N+](C)(C)C. The van der Waals surface area contributed by atoms with Crippen LogP contribution in [0.2, 0.25) is 0 Å². The van der Waals surface area contributed by atoms with Gasteiger partial charge in [-0.2, -0.15) is 0 Å². The molecule has 0 aliphatic carbocycles. The fraction of sp³-hybridized carbons (Fsp3) is 0.889. The number of hydrogen-bond acceptors (Lipinski definition) is 7.